The minimum absolute atomic E-state index is 0.0185. The van der Waals surface area contributed by atoms with Crippen LogP contribution in [0.4, 0.5) is 4.39 Å². The molecule has 1 fully saturated rings. The Labute approximate surface area is 224 Å². The van der Waals surface area contributed by atoms with Crippen LogP contribution in [0.2, 0.25) is 0 Å². The normalized spacial score (nSPS) is 11.4. The largest absolute Gasteiger partial charge is 0.424 e. The zero-order chi connectivity index (χ0) is 28.7. The van der Waals surface area contributed by atoms with Gasteiger partial charge in [-0.2, -0.15) is 0 Å². The van der Waals surface area contributed by atoms with Gasteiger partial charge >= 0.3 is 11.9 Å². The summed E-state index contributed by atoms with van der Waals surface area (Å²) in [6.07, 6.45) is 9.97. The van der Waals surface area contributed by atoms with Crippen LogP contribution in [-0.2, 0) is 19.1 Å². The molecule has 38 heavy (non-hydrogen) atoms. The van der Waals surface area contributed by atoms with Crippen molar-refractivity contribution in [2.75, 3.05) is 0 Å². The Morgan fingerprint density at radius 3 is 1.76 bits per heavy atom. The van der Waals surface area contributed by atoms with Gasteiger partial charge in [-0.15, -0.1) is 0 Å². The lowest BCUT2D eigenvalue weighted by Crippen LogP contribution is -2.04. The van der Waals surface area contributed by atoms with Gasteiger partial charge in [0.05, 0.1) is 5.56 Å². The molecule has 1 aliphatic carbocycles. The van der Waals surface area contributed by atoms with Gasteiger partial charge in [0, 0.05) is 11.1 Å². The minimum atomic E-state index is -0.625. The number of ether oxygens (including phenoxy) is 2. The van der Waals surface area contributed by atoms with E-state index >= 15 is 0 Å². The lowest BCUT2D eigenvalue weighted by atomic mass is 10.0. The summed E-state index contributed by atoms with van der Waals surface area (Å²) in [6.45, 7) is 18.6. The molecule has 0 atom stereocenters. The molecule has 0 amide bonds. The van der Waals surface area contributed by atoms with E-state index in [0.29, 0.717) is 11.1 Å². The average molecular weight is 519 g/mol. The summed E-state index contributed by atoms with van der Waals surface area (Å²) in [5.74, 6) is -1.44. The zero-order valence-electron chi connectivity index (χ0n) is 22.3. The maximum atomic E-state index is 14.1. The van der Waals surface area contributed by atoms with Gasteiger partial charge in [0.25, 0.3) is 0 Å². The van der Waals surface area contributed by atoms with Crippen molar-refractivity contribution in [3.05, 3.63) is 121 Å². The molecule has 3 rings (SSSR count). The second kappa shape index (κ2) is 16.4. The van der Waals surface area contributed by atoms with Gasteiger partial charge in [-0.3, -0.25) is 4.79 Å². The van der Waals surface area contributed by atoms with Crippen molar-refractivity contribution in [3.8, 4) is 11.1 Å². The number of hydrogen-bond acceptors (Lipinski definition) is 5. The summed E-state index contributed by atoms with van der Waals surface area (Å²) in [6, 6.07) is 11.3. The van der Waals surface area contributed by atoms with E-state index in [1.54, 1.807) is 30.3 Å². The van der Waals surface area contributed by atoms with Crippen LogP contribution in [-0.4, -0.2) is 17.7 Å². The summed E-state index contributed by atoms with van der Waals surface area (Å²) >= 11 is 0. The lowest BCUT2D eigenvalue weighted by molar-refractivity contribution is -0.134. The highest BCUT2D eigenvalue weighted by Gasteiger charge is 2.11. The first-order valence-electron chi connectivity index (χ1n) is 12.1. The number of halogens is 1. The standard InChI is InChI=1S/C24H21FO4.C4H6O.C4H8/c1-15(2)23(26)28-17(4)7-8-18(5)29-24(27)20-11-9-19(10-12-20)21-13-6-16(3)14-22(21)25;1-3-4(2)5;1-2-4-3-1/h6-14H,1,4-5H2,2-3H3;3H,1H2,2H3;1-4H2/b8-7-;;. The first kappa shape index (κ1) is 31.7. The molecule has 0 N–H and O–H groups in total. The van der Waals surface area contributed by atoms with Crippen molar-refractivity contribution in [1.82, 2.24) is 0 Å². The Bertz CT molecular complexity index is 1210. The number of benzene rings is 2. The Morgan fingerprint density at radius 2 is 1.34 bits per heavy atom. The first-order chi connectivity index (χ1) is 17.9. The summed E-state index contributed by atoms with van der Waals surface area (Å²) in [4.78, 5) is 33.3. The topological polar surface area (TPSA) is 69.7 Å². The Hall–Kier alpha value is -4.32. The molecule has 200 valence electrons. The van der Waals surface area contributed by atoms with E-state index in [-0.39, 0.29) is 34.3 Å². The molecule has 5 nitrogen and oxygen atoms in total. The number of carbonyl (C=O) groups excluding carboxylic acids is 3. The van der Waals surface area contributed by atoms with E-state index in [0.717, 1.165) is 5.56 Å². The lowest BCUT2D eigenvalue weighted by Gasteiger charge is -2.07. The number of ketones is 1. The summed E-state index contributed by atoms with van der Waals surface area (Å²) in [7, 11) is 0. The molecule has 2 aromatic carbocycles. The highest BCUT2D eigenvalue weighted by Crippen LogP contribution is 2.24. The van der Waals surface area contributed by atoms with Crippen molar-refractivity contribution >= 4 is 17.7 Å². The fourth-order valence-electron chi connectivity index (χ4n) is 2.53. The molecule has 1 aliphatic rings. The fourth-order valence-corrected chi connectivity index (χ4v) is 2.53. The van der Waals surface area contributed by atoms with Crippen LogP contribution in [0, 0.1) is 12.7 Å². The maximum absolute atomic E-state index is 14.1. The zero-order valence-corrected chi connectivity index (χ0v) is 22.3. The van der Waals surface area contributed by atoms with E-state index in [1.165, 1.54) is 63.8 Å². The summed E-state index contributed by atoms with van der Waals surface area (Å²) in [5.41, 5.74) is 2.44. The van der Waals surface area contributed by atoms with Crippen molar-refractivity contribution in [2.24, 2.45) is 0 Å². The Kier molecular flexibility index (Phi) is 13.7. The summed E-state index contributed by atoms with van der Waals surface area (Å²) in [5, 5.41) is 0. The van der Waals surface area contributed by atoms with E-state index in [4.69, 9.17) is 9.47 Å². The highest BCUT2D eigenvalue weighted by molar-refractivity contribution is 5.91. The SMILES string of the molecule is C1CCC1.C=C(/C=C\C(=C)OC(=O)c1ccc(-c2ccc(C)cc2F)cc1)OC(=O)C(=C)C.C=CC(C)=O. The van der Waals surface area contributed by atoms with Crippen LogP contribution >= 0.6 is 0 Å². The third-order valence-electron chi connectivity index (χ3n) is 5.09. The van der Waals surface area contributed by atoms with Gasteiger partial charge in [0.1, 0.15) is 17.3 Å². The number of hydrogen-bond donors (Lipinski definition) is 0. The van der Waals surface area contributed by atoms with Gasteiger partial charge in [-0.05, 0) is 68.3 Å². The molecule has 2 aromatic rings. The monoisotopic (exact) mass is 518 g/mol. The molecule has 6 heteroatoms. The first-order valence-corrected chi connectivity index (χ1v) is 12.1. The highest BCUT2D eigenvalue weighted by atomic mass is 19.1. The van der Waals surface area contributed by atoms with Crippen molar-refractivity contribution in [3.63, 3.8) is 0 Å². The van der Waals surface area contributed by atoms with Crippen LogP contribution in [0.5, 0.6) is 0 Å². The average Bonchev–Trinajstić information content (AvgIpc) is 2.82. The number of carbonyl (C=O) groups is 3. The van der Waals surface area contributed by atoms with Crippen LogP contribution in [0.3, 0.4) is 0 Å². The predicted molar refractivity (Wildman–Crippen MR) is 150 cm³/mol. The van der Waals surface area contributed by atoms with Crippen LogP contribution in [0.25, 0.3) is 11.1 Å². The fraction of sp³-hybridized carbons (Fsp3) is 0.219. The molecular formula is C32H35FO5. The third kappa shape index (κ3) is 12.1. The number of aryl methyl sites for hydroxylation is 1. The molecule has 0 bridgehead atoms. The van der Waals surface area contributed by atoms with Crippen LogP contribution in [0.15, 0.2) is 104 Å². The second-order valence-electron chi connectivity index (χ2n) is 8.61. The molecule has 0 radical (unpaired) electrons. The second-order valence-corrected chi connectivity index (χ2v) is 8.61. The van der Waals surface area contributed by atoms with Gasteiger partial charge in [-0.1, -0.05) is 76.3 Å². The van der Waals surface area contributed by atoms with Crippen molar-refractivity contribution < 1.29 is 28.2 Å². The Balaban J connectivity index is 0.000000679. The molecular weight excluding hydrogens is 483 g/mol. The van der Waals surface area contributed by atoms with Gasteiger partial charge in [0.2, 0.25) is 0 Å². The van der Waals surface area contributed by atoms with E-state index in [1.807, 2.05) is 13.0 Å². The van der Waals surface area contributed by atoms with E-state index in [9.17, 15) is 18.8 Å². The molecule has 0 unspecified atom stereocenters. The molecule has 0 heterocycles. The van der Waals surface area contributed by atoms with E-state index < -0.39 is 11.9 Å². The number of allylic oxidation sites excluding steroid dienone is 3. The molecule has 0 spiro atoms. The molecule has 0 aliphatic heterocycles. The van der Waals surface area contributed by atoms with Crippen LogP contribution in [0.1, 0.15) is 55.5 Å². The quantitative estimate of drug-likeness (QED) is 0.153. The third-order valence-corrected chi connectivity index (χ3v) is 5.09. The van der Waals surface area contributed by atoms with Gasteiger partial charge < -0.3 is 9.47 Å². The van der Waals surface area contributed by atoms with Crippen molar-refractivity contribution in [2.45, 2.75) is 46.5 Å². The molecule has 0 aromatic heterocycles. The smallest absolute Gasteiger partial charge is 0.343 e. The minimum Gasteiger partial charge on any atom is -0.424 e. The van der Waals surface area contributed by atoms with Crippen LogP contribution < -0.4 is 0 Å². The maximum Gasteiger partial charge on any atom is 0.343 e. The molecule has 0 saturated heterocycles. The Morgan fingerprint density at radius 1 is 0.842 bits per heavy atom. The van der Waals surface area contributed by atoms with Crippen molar-refractivity contribution in [1.29, 1.82) is 0 Å². The molecule has 1 saturated carbocycles. The summed E-state index contributed by atoms with van der Waals surface area (Å²) < 4.78 is 24.1. The predicted octanol–water partition coefficient (Wildman–Crippen LogP) is 7.98. The van der Waals surface area contributed by atoms with Gasteiger partial charge in [0.15, 0.2) is 5.78 Å². The number of esters is 2. The number of rotatable bonds is 8. The van der Waals surface area contributed by atoms with Gasteiger partial charge in [-0.25, -0.2) is 14.0 Å². The van der Waals surface area contributed by atoms with E-state index in [2.05, 4.69) is 26.3 Å².